The van der Waals surface area contributed by atoms with Crippen molar-refractivity contribution in [3.63, 3.8) is 0 Å². The molecule has 0 bridgehead atoms. The van der Waals surface area contributed by atoms with Crippen molar-refractivity contribution in [1.82, 2.24) is 9.88 Å². The van der Waals surface area contributed by atoms with Crippen molar-refractivity contribution in [2.45, 2.75) is 37.9 Å². The first-order valence-electron chi connectivity index (χ1n) is 13.9. The van der Waals surface area contributed by atoms with E-state index < -0.39 is 17.9 Å². The van der Waals surface area contributed by atoms with Gasteiger partial charge in [-0.1, -0.05) is 0 Å². The number of anilines is 1. The molecule has 2 atom stereocenters. The Bertz CT molecular complexity index is 1460. The van der Waals surface area contributed by atoms with Gasteiger partial charge in [0.05, 0.1) is 12.1 Å². The van der Waals surface area contributed by atoms with Crippen molar-refractivity contribution in [3.05, 3.63) is 54.5 Å². The summed E-state index contributed by atoms with van der Waals surface area (Å²) in [7, 11) is 0. The number of amides is 1. The molecule has 1 saturated heterocycles. The molecule has 6 rings (SSSR count). The third kappa shape index (κ3) is 6.27. The van der Waals surface area contributed by atoms with Gasteiger partial charge in [-0.2, -0.15) is 0 Å². The topological polar surface area (TPSA) is 136 Å². The molecule has 2 aromatic carbocycles. The molecule has 2 heterocycles. The summed E-state index contributed by atoms with van der Waals surface area (Å²) in [6, 6.07) is 11.2. The lowest BCUT2D eigenvalue weighted by atomic mass is 10.0. The van der Waals surface area contributed by atoms with E-state index in [4.69, 9.17) is 19.9 Å². The quantitative estimate of drug-likeness (QED) is 0.300. The monoisotopic (exact) mass is 564 g/mol. The SMILES string of the molecule is NCC(=O)OC1CN(CC(O)COc2ccc3c(Oc4ccc(NC(=O)C5CC5)cc4F)ccnc3c2)CC12CC2. The fourth-order valence-corrected chi connectivity index (χ4v) is 5.38. The first kappa shape index (κ1) is 27.4. The number of rotatable bonds is 11. The highest BCUT2D eigenvalue weighted by molar-refractivity contribution is 5.94. The number of esters is 1. The Morgan fingerprint density at radius 3 is 2.73 bits per heavy atom. The van der Waals surface area contributed by atoms with Crippen molar-refractivity contribution in [2.75, 3.05) is 38.1 Å². The number of carbonyl (C=O) groups excluding carboxylic acids is 2. The number of aliphatic hydroxyl groups is 1. The van der Waals surface area contributed by atoms with Crippen molar-refractivity contribution in [1.29, 1.82) is 0 Å². The van der Waals surface area contributed by atoms with Gasteiger partial charge >= 0.3 is 5.97 Å². The molecule has 3 aromatic rings. The van der Waals surface area contributed by atoms with Crippen LogP contribution in [0.3, 0.4) is 0 Å². The number of β-amino-alcohol motifs (C(OH)–C–C–N with tert-alkyl or cyclic N) is 1. The second kappa shape index (κ2) is 11.2. The van der Waals surface area contributed by atoms with E-state index in [0.717, 1.165) is 32.2 Å². The van der Waals surface area contributed by atoms with E-state index in [1.807, 2.05) is 0 Å². The Hall–Kier alpha value is -3.80. The summed E-state index contributed by atoms with van der Waals surface area (Å²) < 4.78 is 32.0. The van der Waals surface area contributed by atoms with Gasteiger partial charge in [-0.05, 0) is 56.0 Å². The van der Waals surface area contributed by atoms with Gasteiger partial charge in [-0.3, -0.25) is 19.5 Å². The Morgan fingerprint density at radius 2 is 2.00 bits per heavy atom. The Morgan fingerprint density at radius 1 is 1.17 bits per heavy atom. The van der Waals surface area contributed by atoms with Crippen LogP contribution in [0.25, 0.3) is 10.9 Å². The number of nitrogens with two attached hydrogens (primary N) is 1. The molecule has 10 nitrogen and oxygen atoms in total. The van der Waals surface area contributed by atoms with Crippen LogP contribution in [0.1, 0.15) is 25.7 Å². The van der Waals surface area contributed by atoms with E-state index in [0.29, 0.717) is 41.2 Å². The number of nitrogens with one attached hydrogen (secondary N) is 1. The van der Waals surface area contributed by atoms with Gasteiger partial charge in [0.1, 0.15) is 30.3 Å². The van der Waals surface area contributed by atoms with E-state index in [2.05, 4.69) is 15.2 Å². The average Bonchev–Trinajstić information content (AvgIpc) is 3.88. The zero-order valence-electron chi connectivity index (χ0n) is 22.6. The van der Waals surface area contributed by atoms with Crippen LogP contribution >= 0.6 is 0 Å². The smallest absolute Gasteiger partial charge is 0.320 e. The van der Waals surface area contributed by atoms with Gasteiger partial charge < -0.3 is 30.4 Å². The number of hydrogen-bond donors (Lipinski definition) is 3. The van der Waals surface area contributed by atoms with Gasteiger partial charge in [-0.15, -0.1) is 0 Å². The van der Waals surface area contributed by atoms with Crippen LogP contribution in [-0.4, -0.2) is 71.9 Å². The standard InChI is InChI=1S/C30H33FN4O6/c31-23-11-19(34-29(38)18-1-2-18)3-6-26(23)40-25-7-10-33-24-12-21(4-5-22(24)25)39-16-20(36)14-35-15-27(41-28(37)13-32)30(17-35)8-9-30/h3-7,10-12,18,20,27,36H,1-2,8-9,13-17,32H2,(H,34,38). The van der Waals surface area contributed by atoms with Crippen LogP contribution in [-0.2, 0) is 14.3 Å². The van der Waals surface area contributed by atoms with Crippen LogP contribution in [0, 0.1) is 17.2 Å². The highest BCUT2D eigenvalue weighted by Gasteiger charge is 2.57. The molecule has 2 unspecified atom stereocenters. The van der Waals surface area contributed by atoms with E-state index in [-0.39, 0.29) is 42.2 Å². The summed E-state index contributed by atoms with van der Waals surface area (Å²) in [6.45, 7) is 1.68. The second-order valence-corrected chi connectivity index (χ2v) is 11.2. The van der Waals surface area contributed by atoms with Crippen molar-refractivity contribution < 1.29 is 33.3 Å². The number of ether oxygens (including phenoxy) is 3. The molecule has 216 valence electrons. The van der Waals surface area contributed by atoms with Gasteiger partial charge in [0.15, 0.2) is 11.6 Å². The van der Waals surface area contributed by atoms with Crippen molar-refractivity contribution in [3.8, 4) is 17.2 Å². The summed E-state index contributed by atoms with van der Waals surface area (Å²) in [5, 5.41) is 14.0. The van der Waals surface area contributed by atoms with E-state index in [9.17, 15) is 19.1 Å². The van der Waals surface area contributed by atoms with Gasteiger partial charge in [0.25, 0.3) is 0 Å². The number of aliphatic hydroxyl groups excluding tert-OH is 1. The fourth-order valence-electron chi connectivity index (χ4n) is 5.38. The van der Waals surface area contributed by atoms with Crippen molar-refractivity contribution >= 4 is 28.5 Å². The molecule has 11 heteroatoms. The van der Waals surface area contributed by atoms with E-state index in [1.54, 1.807) is 36.5 Å². The largest absolute Gasteiger partial charge is 0.491 e. The predicted molar refractivity (Wildman–Crippen MR) is 148 cm³/mol. The maximum atomic E-state index is 14.8. The van der Waals surface area contributed by atoms with Crippen molar-refractivity contribution in [2.24, 2.45) is 17.1 Å². The van der Waals surface area contributed by atoms with Crippen LogP contribution in [0.4, 0.5) is 10.1 Å². The number of fused-ring (bicyclic) bond motifs is 1. The molecule has 4 N–H and O–H groups in total. The summed E-state index contributed by atoms with van der Waals surface area (Å²) in [4.78, 5) is 30.1. The second-order valence-electron chi connectivity index (χ2n) is 11.2. The number of nitrogens with zero attached hydrogens (tertiary/aromatic N) is 2. The number of pyridine rings is 1. The number of hydrogen-bond acceptors (Lipinski definition) is 9. The Labute approximate surface area is 236 Å². The Kier molecular flexibility index (Phi) is 7.50. The predicted octanol–water partition coefficient (Wildman–Crippen LogP) is 3.22. The lowest BCUT2D eigenvalue weighted by Crippen LogP contribution is -2.35. The number of benzene rings is 2. The number of likely N-dealkylation sites (tertiary alicyclic amines) is 1. The molecule has 2 aliphatic carbocycles. The zero-order valence-corrected chi connectivity index (χ0v) is 22.6. The van der Waals surface area contributed by atoms with Gasteiger partial charge in [-0.25, -0.2) is 4.39 Å². The number of halogens is 1. The summed E-state index contributed by atoms with van der Waals surface area (Å²) in [5.41, 5.74) is 6.37. The highest BCUT2D eigenvalue weighted by Crippen LogP contribution is 2.54. The molecule has 1 spiro atoms. The number of aromatic nitrogens is 1. The molecule has 3 fully saturated rings. The van der Waals surface area contributed by atoms with Crippen LogP contribution < -0.4 is 20.5 Å². The molecule has 1 aliphatic heterocycles. The zero-order chi connectivity index (χ0) is 28.6. The summed E-state index contributed by atoms with van der Waals surface area (Å²) in [5.74, 6) is -0.0847. The number of carbonyl (C=O) groups is 2. The molecule has 41 heavy (non-hydrogen) atoms. The first-order valence-corrected chi connectivity index (χ1v) is 13.9. The van der Waals surface area contributed by atoms with E-state index >= 15 is 0 Å². The maximum Gasteiger partial charge on any atom is 0.320 e. The minimum Gasteiger partial charge on any atom is -0.491 e. The minimum absolute atomic E-state index is 0.00780. The van der Waals surface area contributed by atoms with Crippen LogP contribution in [0.5, 0.6) is 17.2 Å². The molecule has 3 aliphatic rings. The van der Waals surface area contributed by atoms with Crippen LogP contribution in [0.15, 0.2) is 48.7 Å². The average molecular weight is 565 g/mol. The van der Waals surface area contributed by atoms with Gasteiger partial charge in [0, 0.05) is 60.4 Å². The van der Waals surface area contributed by atoms with Crippen LogP contribution in [0.2, 0.25) is 0 Å². The Balaban J connectivity index is 1.05. The molecular formula is C30H33FN4O6. The molecular weight excluding hydrogens is 531 g/mol. The van der Waals surface area contributed by atoms with E-state index in [1.165, 1.54) is 12.1 Å². The lowest BCUT2D eigenvalue weighted by molar-refractivity contribution is -0.149. The summed E-state index contributed by atoms with van der Waals surface area (Å²) >= 11 is 0. The lowest BCUT2D eigenvalue weighted by Gasteiger charge is -2.20. The fraction of sp³-hybridized carbons (Fsp3) is 0.433. The third-order valence-electron chi connectivity index (χ3n) is 7.93. The normalized spacial score (nSPS) is 20.1. The minimum atomic E-state index is -0.743. The molecule has 0 radical (unpaired) electrons. The third-order valence-corrected chi connectivity index (χ3v) is 7.93. The van der Waals surface area contributed by atoms with Gasteiger partial charge in [0.2, 0.25) is 5.91 Å². The molecule has 1 aromatic heterocycles. The molecule has 1 amide bonds. The summed E-state index contributed by atoms with van der Waals surface area (Å²) in [6.07, 6.45) is 4.38. The highest BCUT2D eigenvalue weighted by atomic mass is 19.1. The maximum absolute atomic E-state index is 14.8. The molecule has 2 saturated carbocycles. The first-order chi connectivity index (χ1) is 19.8.